The van der Waals surface area contributed by atoms with Crippen molar-refractivity contribution in [2.24, 2.45) is 0 Å². The van der Waals surface area contributed by atoms with Crippen molar-refractivity contribution in [3.63, 3.8) is 0 Å². The first kappa shape index (κ1) is 10.8. The summed E-state index contributed by atoms with van der Waals surface area (Å²) in [7, 11) is 0. The third-order valence-corrected chi connectivity index (χ3v) is 2.50. The molecule has 0 saturated heterocycles. The molecule has 0 radical (unpaired) electrons. The zero-order valence-electron chi connectivity index (χ0n) is 8.11. The minimum absolute atomic E-state index is 0.309. The molecule has 0 aliphatic heterocycles. The van der Waals surface area contributed by atoms with Crippen LogP contribution in [-0.4, -0.2) is 9.97 Å². The normalized spacial score (nSPS) is 10.1. The lowest BCUT2D eigenvalue weighted by molar-refractivity contribution is 0.627. The molecule has 2 rings (SSSR count). The molecule has 0 atom stereocenters. The summed E-state index contributed by atoms with van der Waals surface area (Å²) in [6.07, 6.45) is 2.98. The Balaban J connectivity index is 2.27. The Hall–Kier alpha value is -1.69. The highest BCUT2D eigenvalue weighted by molar-refractivity contribution is 9.10. The van der Waals surface area contributed by atoms with Gasteiger partial charge in [-0.2, -0.15) is 0 Å². The van der Waals surface area contributed by atoms with Crippen molar-refractivity contribution in [3.8, 4) is 0 Å². The van der Waals surface area contributed by atoms with E-state index in [-0.39, 0.29) is 5.82 Å². The quantitative estimate of drug-likeness (QED) is 0.889. The largest absolute Gasteiger partial charge is 0.382 e. The summed E-state index contributed by atoms with van der Waals surface area (Å²) in [5, 5.41) is 2.97. The predicted octanol–water partition coefficient (Wildman–Crippen LogP) is 2.70. The molecule has 0 spiro atoms. The van der Waals surface area contributed by atoms with Gasteiger partial charge in [0, 0.05) is 4.47 Å². The number of halogens is 2. The molecular formula is C10H8BrFN4. The van der Waals surface area contributed by atoms with E-state index in [0.717, 1.165) is 0 Å². The number of nitrogen functional groups attached to an aromatic ring is 1. The molecule has 3 N–H and O–H groups in total. The molecule has 0 bridgehead atoms. The van der Waals surface area contributed by atoms with E-state index in [2.05, 4.69) is 31.2 Å². The van der Waals surface area contributed by atoms with E-state index in [1.54, 1.807) is 6.07 Å². The van der Waals surface area contributed by atoms with Crippen molar-refractivity contribution in [1.29, 1.82) is 0 Å². The number of aromatic nitrogens is 2. The standard InChI is InChI=1S/C10H8BrFN4/c11-7-3-6(12)1-2-8(7)15-10-5-14-4-9(13)16-10/h1-5H,(H3,13,15,16). The highest BCUT2D eigenvalue weighted by Crippen LogP contribution is 2.25. The number of benzene rings is 1. The van der Waals surface area contributed by atoms with Gasteiger partial charge in [0.05, 0.1) is 18.1 Å². The third-order valence-electron chi connectivity index (χ3n) is 1.85. The third kappa shape index (κ3) is 2.46. The molecule has 1 heterocycles. The van der Waals surface area contributed by atoms with E-state index in [1.165, 1.54) is 24.5 Å². The van der Waals surface area contributed by atoms with Crippen LogP contribution < -0.4 is 11.1 Å². The molecule has 0 aliphatic carbocycles. The number of nitrogens with zero attached hydrogens (tertiary/aromatic N) is 2. The number of hydrogen-bond donors (Lipinski definition) is 2. The maximum absolute atomic E-state index is 12.8. The molecule has 16 heavy (non-hydrogen) atoms. The summed E-state index contributed by atoms with van der Waals surface area (Å²) in [6.45, 7) is 0. The zero-order chi connectivity index (χ0) is 11.5. The molecule has 4 nitrogen and oxygen atoms in total. The molecule has 82 valence electrons. The number of nitrogens with two attached hydrogens (primary N) is 1. The van der Waals surface area contributed by atoms with Gasteiger partial charge in [-0.3, -0.25) is 4.98 Å². The van der Waals surface area contributed by atoms with Gasteiger partial charge in [0.1, 0.15) is 11.6 Å². The van der Waals surface area contributed by atoms with Gasteiger partial charge in [0.25, 0.3) is 0 Å². The number of rotatable bonds is 2. The van der Waals surface area contributed by atoms with Gasteiger partial charge in [-0.05, 0) is 34.1 Å². The highest BCUT2D eigenvalue weighted by Gasteiger charge is 2.03. The number of nitrogens with one attached hydrogen (secondary N) is 1. The van der Waals surface area contributed by atoms with Crippen LogP contribution >= 0.6 is 15.9 Å². The maximum Gasteiger partial charge on any atom is 0.151 e. The minimum atomic E-state index is -0.309. The van der Waals surface area contributed by atoms with Crippen LogP contribution in [0, 0.1) is 5.82 Å². The number of hydrogen-bond acceptors (Lipinski definition) is 4. The molecule has 0 fully saturated rings. The van der Waals surface area contributed by atoms with E-state index >= 15 is 0 Å². The average molecular weight is 283 g/mol. The zero-order valence-corrected chi connectivity index (χ0v) is 9.70. The summed E-state index contributed by atoms with van der Waals surface area (Å²) in [4.78, 5) is 7.91. The molecule has 0 aliphatic rings. The Morgan fingerprint density at radius 2 is 2.12 bits per heavy atom. The summed E-state index contributed by atoms with van der Waals surface area (Å²) < 4.78 is 13.5. The summed E-state index contributed by atoms with van der Waals surface area (Å²) in [6, 6.07) is 4.32. The van der Waals surface area contributed by atoms with Crippen LogP contribution in [0.3, 0.4) is 0 Å². The minimum Gasteiger partial charge on any atom is -0.382 e. The van der Waals surface area contributed by atoms with Gasteiger partial charge < -0.3 is 11.1 Å². The van der Waals surface area contributed by atoms with Gasteiger partial charge >= 0.3 is 0 Å². The van der Waals surface area contributed by atoms with Gasteiger partial charge in [0.2, 0.25) is 0 Å². The molecule has 0 unspecified atom stereocenters. The summed E-state index contributed by atoms with van der Waals surface area (Å²) >= 11 is 3.24. The van der Waals surface area contributed by atoms with Gasteiger partial charge in [-0.15, -0.1) is 0 Å². The van der Waals surface area contributed by atoms with Gasteiger partial charge in [0.15, 0.2) is 5.82 Å². The first-order chi connectivity index (χ1) is 7.65. The van der Waals surface area contributed by atoms with E-state index < -0.39 is 0 Å². The Bertz CT molecular complexity index is 518. The van der Waals surface area contributed by atoms with Crippen LogP contribution in [0.25, 0.3) is 0 Å². The topological polar surface area (TPSA) is 63.8 Å². The van der Waals surface area contributed by atoms with Crippen LogP contribution in [-0.2, 0) is 0 Å². The number of anilines is 3. The van der Waals surface area contributed by atoms with Crippen molar-refractivity contribution in [3.05, 3.63) is 40.9 Å². The monoisotopic (exact) mass is 282 g/mol. The van der Waals surface area contributed by atoms with Crippen LogP contribution in [0.15, 0.2) is 35.1 Å². The smallest absolute Gasteiger partial charge is 0.151 e. The van der Waals surface area contributed by atoms with Crippen LogP contribution in [0.1, 0.15) is 0 Å². The van der Waals surface area contributed by atoms with Crippen molar-refractivity contribution in [1.82, 2.24) is 9.97 Å². The summed E-state index contributed by atoms with van der Waals surface area (Å²) in [5.74, 6) is 0.520. The van der Waals surface area contributed by atoms with Gasteiger partial charge in [-0.1, -0.05) is 0 Å². The van der Waals surface area contributed by atoms with Crippen LogP contribution in [0.2, 0.25) is 0 Å². The fraction of sp³-hybridized carbons (Fsp3) is 0. The Morgan fingerprint density at radius 3 is 2.81 bits per heavy atom. The van der Waals surface area contributed by atoms with Crippen LogP contribution in [0.4, 0.5) is 21.7 Å². The predicted molar refractivity (Wildman–Crippen MR) is 63.8 cm³/mol. The second kappa shape index (κ2) is 4.44. The lowest BCUT2D eigenvalue weighted by Crippen LogP contribution is -1.98. The van der Waals surface area contributed by atoms with Gasteiger partial charge in [-0.25, -0.2) is 9.37 Å². The van der Waals surface area contributed by atoms with E-state index in [0.29, 0.717) is 21.8 Å². The lowest BCUT2D eigenvalue weighted by Gasteiger charge is -2.07. The average Bonchev–Trinajstić information content (AvgIpc) is 2.22. The molecule has 2 aromatic rings. The second-order valence-electron chi connectivity index (χ2n) is 3.08. The molecule has 6 heteroatoms. The van der Waals surface area contributed by atoms with Crippen LogP contribution in [0.5, 0.6) is 0 Å². The second-order valence-corrected chi connectivity index (χ2v) is 3.93. The first-order valence-electron chi connectivity index (χ1n) is 4.45. The Kier molecular flexibility index (Phi) is 3.00. The fourth-order valence-corrected chi connectivity index (χ4v) is 1.62. The van der Waals surface area contributed by atoms with E-state index in [1.807, 2.05) is 0 Å². The van der Waals surface area contributed by atoms with Crippen molar-refractivity contribution in [2.45, 2.75) is 0 Å². The SMILES string of the molecule is Nc1cncc(Nc2ccc(F)cc2Br)n1. The van der Waals surface area contributed by atoms with Crippen molar-refractivity contribution in [2.75, 3.05) is 11.1 Å². The maximum atomic E-state index is 12.8. The van der Waals surface area contributed by atoms with E-state index in [4.69, 9.17) is 5.73 Å². The van der Waals surface area contributed by atoms with Crippen molar-refractivity contribution >= 4 is 33.3 Å². The summed E-state index contributed by atoms with van der Waals surface area (Å²) in [5.41, 5.74) is 6.18. The first-order valence-corrected chi connectivity index (χ1v) is 5.24. The highest BCUT2D eigenvalue weighted by atomic mass is 79.9. The molecule has 0 amide bonds. The Morgan fingerprint density at radius 1 is 1.31 bits per heavy atom. The molecule has 1 aromatic heterocycles. The lowest BCUT2D eigenvalue weighted by atomic mass is 10.3. The molecular weight excluding hydrogens is 275 g/mol. The fourth-order valence-electron chi connectivity index (χ4n) is 1.17. The molecule has 0 saturated carbocycles. The Labute approximate surface area is 99.9 Å². The van der Waals surface area contributed by atoms with E-state index in [9.17, 15) is 4.39 Å². The van der Waals surface area contributed by atoms with Crippen molar-refractivity contribution < 1.29 is 4.39 Å². The molecule has 1 aromatic carbocycles.